The van der Waals surface area contributed by atoms with E-state index in [0.717, 1.165) is 12.1 Å². The molecule has 12 heavy (non-hydrogen) atoms. The molecule has 1 unspecified atom stereocenters. The topological polar surface area (TPSA) is 20.2 Å². The molecule has 1 N–H and O–H groups in total. The van der Waals surface area contributed by atoms with Crippen LogP contribution in [-0.4, -0.2) is 5.11 Å². The molecule has 0 spiro atoms. The first kappa shape index (κ1) is 9.13. The van der Waals surface area contributed by atoms with Crippen molar-refractivity contribution < 1.29 is 13.9 Å². The third kappa shape index (κ3) is 1.61. The molecule has 0 bridgehead atoms. The number of rotatable bonds is 1. The van der Waals surface area contributed by atoms with Crippen LogP contribution in [0.15, 0.2) is 12.1 Å². The number of hydrogen-bond acceptors (Lipinski definition) is 1. The molecule has 0 heterocycles. The lowest BCUT2D eigenvalue weighted by Crippen LogP contribution is -1.96. The standard InChI is InChI=1S/C9H10F2O/c1-5-8(10)3-7(6(2)12)4-9(5)11/h3-4,6,12H,1-2H3. The Bertz CT molecular complexity index is 272. The summed E-state index contributed by atoms with van der Waals surface area (Å²) in [6.07, 6.45) is -0.838. The van der Waals surface area contributed by atoms with Crippen LogP contribution in [0.3, 0.4) is 0 Å². The summed E-state index contributed by atoms with van der Waals surface area (Å²) in [5.41, 5.74) is 0.245. The van der Waals surface area contributed by atoms with Crippen molar-refractivity contribution in [2.75, 3.05) is 0 Å². The van der Waals surface area contributed by atoms with E-state index in [1.165, 1.54) is 13.8 Å². The Balaban J connectivity index is 3.21. The second-order valence-electron chi connectivity index (χ2n) is 2.79. The van der Waals surface area contributed by atoms with Gasteiger partial charge in [-0.05, 0) is 31.5 Å². The van der Waals surface area contributed by atoms with Gasteiger partial charge in [-0.25, -0.2) is 8.78 Å². The van der Waals surface area contributed by atoms with Gasteiger partial charge in [0.15, 0.2) is 0 Å². The van der Waals surface area contributed by atoms with E-state index in [2.05, 4.69) is 0 Å². The zero-order valence-corrected chi connectivity index (χ0v) is 6.94. The number of hydrogen-bond donors (Lipinski definition) is 1. The van der Waals surface area contributed by atoms with E-state index in [-0.39, 0.29) is 11.1 Å². The molecule has 0 aliphatic carbocycles. The van der Waals surface area contributed by atoms with Gasteiger partial charge in [0, 0.05) is 5.56 Å². The van der Waals surface area contributed by atoms with E-state index in [1.807, 2.05) is 0 Å². The number of aliphatic hydroxyl groups excluding tert-OH is 1. The lowest BCUT2D eigenvalue weighted by atomic mass is 10.1. The molecule has 0 aliphatic heterocycles. The molecule has 0 saturated carbocycles. The molecule has 0 radical (unpaired) electrons. The molecule has 3 heteroatoms. The highest BCUT2D eigenvalue weighted by atomic mass is 19.1. The van der Waals surface area contributed by atoms with Crippen LogP contribution in [0.5, 0.6) is 0 Å². The van der Waals surface area contributed by atoms with Crippen molar-refractivity contribution in [3.8, 4) is 0 Å². The molecular formula is C9H10F2O. The van der Waals surface area contributed by atoms with Gasteiger partial charge in [0.05, 0.1) is 6.10 Å². The zero-order chi connectivity index (χ0) is 9.30. The molecular weight excluding hydrogens is 162 g/mol. The van der Waals surface area contributed by atoms with Crippen LogP contribution in [0.4, 0.5) is 8.78 Å². The third-order valence-corrected chi connectivity index (χ3v) is 1.79. The Hall–Kier alpha value is -0.960. The van der Waals surface area contributed by atoms with Gasteiger partial charge in [-0.15, -0.1) is 0 Å². The Morgan fingerprint density at radius 3 is 2.00 bits per heavy atom. The van der Waals surface area contributed by atoms with E-state index < -0.39 is 17.7 Å². The largest absolute Gasteiger partial charge is 0.389 e. The number of aliphatic hydroxyl groups is 1. The smallest absolute Gasteiger partial charge is 0.129 e. The molecule has 1 atom stereocenters. The van der Waals surface area contributed by atoms with Gasteiger partial charge < -0.3 is 5.11 Å². The fourth-order valence-electron chi connectivity index (χ4n) is 0.906. The van der Waals surface area contributed by atoms with E-state index in [9.17, 15) is 8.78 Å². The maximum absolute atomic E-state index is 12.8. The lowest BCUT2D eigenvalue weighted by Gasteiger charge is -2.06. The van der Waals surface area contributed by atoms with Gasteiger partial charge in [0.1, 0.15) is 11.6 Å². The van der Waals surface area contributed by atoms with Gasteiger partial charge in [-0.1, -0.05) is 0 Å². The fraction of sp³-hybridized carbons (Fsp3) is 0.333. The van der Waals surface area contributed by atoms with Crippen molar-refractivity contribution in [1.82, 2.24) is 0 Å². The highest BCUT2D eigenvalue weighted by molar-refractivity contribution is 5.26. The first-order chi connectivity index (χ1) is 5.52. The monoisotopic (exact) mass is 172 g/mol. The average Bonchev–Trinajstić information content (AvgIpc) is 1.99. The zero-order valence-electron chi connectivity index (χ0n) is 6.94. The molecule has 0 aromatic heterocycles. The van der Waals surface area contributed by atoms with Crippen LogP contribution in [-0.2, 0) is 0 Å². The minimum absolute atomic E-state index is 0.0144. The first-order valence-corrected chi connectivity index (χ1v) is 3.66. The Morgan fingerprint density at radius 1 is 1.25 bits per heavy atom. The summed E-state index contributed by atoms with van der Waals surface area (Å²) < 4.78 is 25.7. The van der Waals surface area contributed by atoms with E-state index in [1.54, 1.807) is 0 Å². The number of benzene rings is 1. The first-order valence-electron chi connectivity index (χ1n) is 3.66. The summed E-state index contributed by atoms with van der Waals surface area (Å²) >= 11 is 0. The molecule has 0 saturated heterocycles. The van der Waals surface area contributed by atoms with Gasteiger partial charge in [0.25, 0.3) is 0 Å². The van der Waals surface area contributed by atoms with Crippen LogP contribution in [0, 0.1) is 18.6 Å². The summed E-state index contributed by atoms with van der Waals surface area (Å²) in [5.74, 6) is -1.24. The van der Waals surface area contributed by atoms with Crippen LogP contribution in [0.25, 0.3) is 0 Å². The third-order valence-electron chi connectivity index (χ3n) is 1.79. The summed E-state index contributed by atoms with van der Waals surface area (Å²) in [7, 11) is 0. The Morgan fingerprint density at radius 2 is 1.67 bits per heavy atom. The predicted octanol–water partition coefficient (Wildman–Crippen LogP) is 2.33. The summed E-state index contributed by atoms with van der Waals surface area (Å²) in [6, 6.07) is 2.28. The average molecular weight is 172 g/mol. The Kier molecular flexibility index (Phi) is 2.43. The molecule has 0 aliphatic rings. The maximum atomic E-state index is 12.8. The van der Waals surface area contributed by atoms with Crippen LogP contribution in [0.1, 0.15) is 24.2 Å². The summed E-state index contributed by atoms with van der Waals surface area (Å²) in [6.45, 7) is 2.82. The molecule has 66 valence electrons. The highest BCUT2D eigenvalue weighted by Gasteiger charge is 2.09. The second-order valence-corrected chi connectivity index (χ2v) is 2.79. The van der Waals surface area contributed by atoms with Crippen LogP contribution >= 0.6 is 0 Å². The van der Waals surface area contributed by atoms with Crippen molar-refractivity contribution in [2.24, 2.45) is 0 Å². The second kappa shape index (κ2) is 3.19. The minimum atomic E-state index is -0.838. The lowest BCUT2D eigenvalue weighted by molar-refractivity contribution is 0.198. The molecule has 1 nitrogen and oxygen atoms in total. The van der Waals surface area contributed by atoms with Crippen molar-refractivity contribution >= 4 is 0 Å². The maximum Gasteiger partial charge on any atom is 0.129 e. The van der Waals surface area contributed by atoms with Crippen molar-refractivity contribution in [3.05, 3.63) is 34.9 Å². The number of halogens is 2. The predicted molar refractivity (Wildman–Crippen MR) is 41.7 cm³/mol. The Labute approximate surface area is 69.7 Å². The quantitative estimate of drug-likeness (QED) is 0.689. The van der Waals surface area contributed by atoms with E-state index in [4.69, 9.17) is 5.11 Å². The van der Waals surface area contributed by atoms with Crippen molar-refractivity contribution in [3.63, 3.8) is 0 Å². The molecule has 1 aromatic carbocycles. The van der Waals surface area contributed by atoms with Crippen LogP contribution in [0.2, 0.25) is 0 Å². The van der Waals surface area contributed by atoms with E-state index >= 15 is 0 Å². The molecule has 1 rings (SSSR count). The molecule has 0 fully saturated rings. The van der Waals surface area contributed by atoms with Crippen LogP contribution < -0.4 is 0 Å². The van der Waals surface area contributed by atoms with Gasteiger partial charge in [-0.2, -0.15) is 0 Å². The van der Waals surface area contributed by atoms with Gasteiger partial charge in [-0.3, -0.25) is 0 Å². The van der Waals surface area contributed by atoms with Crippen molar-refractivity contribution in [1.29, 1.82) is 0 Å². The van der Waals surface area contributed by atoms with E-state index in [0.29, 0.717) is 0 Å². The molecule has 1 aromatic rings. The highest BCUT2D eigenvalue weighted by Crippen LogP contribution is 2.18. The fourth-order valence-corrected chi connectivity index (χ4v) is 0.906. The molecule has 0 amide bonds. The normalized spacial score (nSPS) is 13.1. The summed E-state index contributed by atoms with van der Waals surface area (Å²) in [5, 5.41) is 9.03. The van der Waals surface area contributed by atoms with Gasteiger partial charge in [0.2, 0.25) is 0 Å². The van der Waals surface area contributed by atoms with Crippen molar-refractivity contribution in [2.45, 2.75) is 20.0 Å². The SMILES string of the molecule is Cc1c(F)cc(C(C)O)cc1F. The van der Waals surface area contributed by atoms with Gasteiger partial charge >= 0.3 is 0 Å². The minimum Gasteiger partial charge on any atom is -0.389 e. The summed E-state index contributed by atoms with van der Waals surface area (Å²) in [4.78, 5) is 0.